The van der Waals surface area contributed by atoms with E-state index in [-0.39, 0.29) is 52.5 Å². The summed E-state index contributed by atoms with van der Waals surface area (Å²) in [6, 6.07) is -0.0567. The summed E-state index contributed by atoms with van der Waals surface area (Å²) in [6.45, 7) is 0. The number of nitrogens with two attached hydrogens (primary N) is 1. The van der Waals surface area contributed by atoms with E-state index in [2.05, 4.69) is 29.6 Å². The van der Waals surface area contributed by atoms with Gasteiger partial charge in [-0.2, -0.15) is 0 Å². The highest BCUT2D eigenvalue weighted by Gasteiger charge is 2.48. The maximum atomic E-state index is 10.7. The molecule has 10 heterocycles. The minimum absolute atomic E-state index is 0.000000000000000222. The number of hydrogen-bond acceptors (Lipinski definition) is 12. The van der Waals surface area contributed by atoms with Crippen LogP contribution in [0.3, 0.4) is 0 Å². The lowest BCUT2D eigenvalue weighted by Gasteiger charge is -2.12. The van der Waals surface area contributed by atoms with Crippen LogP contribution in [0, 0.1) is 20.2 Å². The molecule has 7 saturated heterocycles. The van der Waals surface area contributed by atoms with Crippen LogP contribution in [0.25, 0.3) is 0 Å². The number of hydrogen-bond donors (Lipinski definition) is 2. The second-order valence-electron chi connectivity index (χ2n) is 13.1. The van der Waals surface area contributed by atoms with Crippen LogP contribution >= 0.6 is 0 Å². The van der Waals surface area contributed by atoms with E-state index in [1.165, 1.54) is 0 Å². The highest BCUT2D eigenvalue weighted by Crippen LogP contribution is 2.36. The Balaban J connectivity index is 0.0000000995. The van der Waals surface area contributed by atoms with Crippen LogP contribution in [0.1, 0.15) is 57.8 Å². The molecule has 10 aliphatic rings. The van der Waals surface area contributed by atoms with Gasteiger partial charge in [0.05, 0.1) is 42.7 Å². The van der Waals surface area contributed by atoms with Crippen LogP contribution in [-0.4, -0.2) is 108 Å². The fourth-order valence-electron chi connectivity index (χ4n) is 7.60. The number of carbonyl (C=O) groups is 1. The molecule has 14 nitrogen and oxygen atoms in total. The van der Waals surface area contributed by atoms with Crippen LogP contribution in [0.15, 0.2) is 36.5 Å². The fraction of sp³-hybridized carbons (Fsp3) is 0.774. The Hall–Kier alpha value is -2.59. The minimum Gasteiger partial charge on any atom is -0.368 e. The number of carbonyl (C=O) groups excluding carboxylic acids is 1. The zero-order valence-electron chi connectivity index (χ0n) is 25.5. The molecule has 0 radical (unpaired) electrons. The second-order valence-corrected chi connectivity index (χ2v) is 13.1. The van der Waals surface area contributed by atoms with E-state index in [0.29, 0.717) is 55.5 Å². The first-order chi connectivity index (χ1) is 21.7. The molecule has 10 aliphatic heterocycles. The SMILES string of the molecule is CNC1CC2C=CC1O2.NC1CC2C=CC1O2.O=C1CC2CCC1O2.O=[N+]([O-])C1CC2C=CC1O2.O=[N+]([O-])C1CC2CCC1O2. The molecule has 7 fully saturated rings. The van der Waals surface area contributed by atoms with Gasteiger partial charge < -0.3 is 34.7 Å². The highest BCUT2D eigenvalue weighted by molar-refractivity contribution is 5.86. The van der Waals surface area contributed by atoms with Gasteiger partial charge in [-0.1, -0.05) is 36.5 Å². The van der Waals surface area contributed by atoms with Gasteiger partial charge in [0, 0.05) is 41.2 Å². The molecule has 248 valence electrons. The van der Waals surface area contributed by atoms with E-state index in [1.54, 1.807) is 6.08 Å². The zero-order chi connectivity index (χ0) is 31.7. The van der Waals surface area contributed by atoms with E-state index in [9.17, 15) is 25.0 Å². The Bertz CT molecular complexity index is 1200. The number of ketones is 1. The second kappa shape index (κ2) is 14.0. The fourth-order valence-corrected chi connectivity index (χ4v) is 7.60. The Morgan fingerprint density at radius 2 is 1.33 bits per heavy atom. The highest BCUT2D eigenvalue weighted by atomic mass is 16.6. The van der Waals surface area contributed by atoms with Crippen molar-refractivity contribution >= 4 is 5.78 Å². The predicted octanol–water partition coefficient (Wildman–Crippen LogP) is 1.79. The first-order valence-electron chi connectivity index (χ1n) is 16.2. The number of likely N-dealkylation sites (N-methyl/N-ethyl adjacent to an activating group) is 1. The summed E-state index contributed by atoms with van der Waals surface area (Å²) >= 11 is 0. The topological polar surface area (TPSA) is 188 Å². The van der Waals surface area contributed by atoms with E-state index in [0.717, 1.165) is 38.5 Å². The third-order valence-corrected chi connectivity index (χ3v) is 10.1. The van der Waals surface area contributed by atoms with Crippen molar-refractivity contribution in [2.45, 2.75) is 143 Å². The molecule has 10 rings (SSSR count). The van der Waals surface area contributed by atoms with Crippen molar-refractivity contribution in [1.82, 2.24) is 5.32 Å². The van der Waals surface area contributed by atoms with Gasteiger partial charge in [-0.25, -0.2) is 0 Å². The molecule has 0 aromatic rings. The third-order valence-electron chi connectivity index (χ3n) is 10.1. The standard InChI is InChI=1S/C7H11NO.C6H9NO3.C6H7NO3.C6H9NO.C6H8O2/c1-8-6-4-5-2-3-7(6)9-5;2*8-7(9)5-3-4-1-2-6(5)10-4;2*7-5-3-4-1-2-6(5)8-4/h2-3,5-8H,4H2,1H3;4-6H,1-3H2;1-2,4-6H,3H2;1-2,4-6H,3,7H2;4,6H,1-3H2. The summed E-state index contributed by atoms with van der Waals surface area (Å²) in [5.41, 5.74) is 5.64. The number of Topliss-reactive ketones (excluding diaryl/α,β-unsaturated/α-hetero) is 1. The average Bonchev–Trinajstić information content (AvgIpc) is 3.89. The Morgan fingerprint density at radius 3 is 1.58 bits per heavy atom. The summed E-state index contributed by atoms with van der Waals surface area (Å²) in [5.74, 6) is 0.321. The number of nitro groups is 2. The van der Waals surface area contributed by atoms with Crippen molar-refractivity contribution in [3.63, 3.8) is 0 Å². The average molecular weight is 633 g/mol. The van der Waals surface area contributed by atoms with Crippen LogP contribution in [-0.2, 0) is 28.5 Å². The first-order valence-corrected chi connectivity index (χ1v) is 16.2. The van der Waals surface area contributed by atoms with Crippen molar-refractivity contribution in [2.24, 2.45) is 5.73 Å². The summed E-state index contributed by atoms with van der Waals surface area (Å²) < 4.78 is 26.6. The van der Waals surface area contributed by atoms with E-state index >= 15 is 0 Å². The van der Waals surface area contributed by atoms with Crippen molar-refractivity contribution in [3.8, 4) is 0 Å². The summed E-state index contributed by atoms with van der Waals surface area (Å²) in [4.78, 5) is 30.9. The molecule has 0 amide bonds. The van der Waals surface area contributed by atoms with E-state index in [1.807, 2.05) is 13.1 Å². The van der Waals surface area contributed by atoms with Gasteiger partial charge in [0.1, 0.15) is 18.3 Å². The van der Waals surface area contributed by atoms with Crippen LogP contribution < -0.4 is 11.1 Å². The van der Waals surface area contributed by atoms with Gasteiger partial charge in [-0.05, 0) is 45.6 Å². The molecule has 3 N–H and O–H groups in total. The smallest absolute Gasteiger partial charge is 0.245 e. The molecule has 0 aromatic carbocycles. The van der Waals surface area contributed by atoms with Crippen molar-refractivity contribution < 1.29 is 38.3 Å². The monoisotopic (exact) mass is 632 g/mol. The molecule has 14 heteroatoms. The molecular weight excluding hydrogens is 588 g/mol. The lowest BCUT2D eigenvalue weighted by Crippen LogP contribution is -2.32. The van der Waals surface area contributed by atoms with E-state index in [4.69, 9.17) is 29.4 Å². The number of rotatable bonds is 3. The maximum absolute atomic E-state index is 10.7. The lowest BCUT2D eigenvalue weighted by molar-refractivity contribution is -0.527. The van der Waals surface area contributed by atoms with Crippen LogP contribution in [0.4, 0.5) is 0 Å². The quantitative estimate of drug-likeness (QED) is 0.261. The van der Waals surface area contributed by atoms with Crippen molar-refractivity contribution in [3.05, 3.63) is 56.7 Å². The summed E-state index contributed by atoms with van der Waals surface area (Å²) in [6.07, 6.45) is 21.7. The van der Waals surface area contributed by atoms with Crippen LogP contribution in [0.2, 0.25) is 0 Å². The van der Waals surface area contributed by atoms with Gasteiger partial charge >= 0.3 is 0 Å². The maximum Gasteiger partial charge on any atom is 0.245 e. The van der Waals surface area contributed by atoms with Crippen molar-refractivity contribution in [2.75, 3.05) is 7.05 Å². The van der Waals surface area contributed by atoms with Gasteiger partial charge in [-0.15, -0.1) is 0 Å². The summed E-state index contributed by atoms with van der Waals surface area (Å²) in [5, 5.41) is 23.8. The Labute approximate surface area is 262 Å². The van der Waals surface area contributed by atoms with Gasteiger partial charge in [0.25, 0.3) is 0 Å². The Kier molecular flexibility index (Phi) is 10.1. The van der Waals surface area contributed by atoms with Gasteiger partial charge in [0.15, 0.2) is 5.78 Å². The molecule has 0 spiro atoms. The molecule has 14 atom stereocenters. The number of ether oxygens (including phenoxy) is 5. The molecule has 0 aromatic heterocycles. The van der Waals surface area contributed by atoms with Crippen molar-refractivity contribution in [1.29, 1.82) is 0 Å². The molecular formula is C31H44N4O10. The molecule has 10 bridgehead atoms. The minimum atomic E-state index is -0.491. The van der Waals surface area contributed by atoms with Crippen LogP contribution in [0.5, 0.6) is 0 Å². The zero-order valence-corrected chi connectivity index (χ0v) is 25.5. The molecule has 45 heavy (non-hydrogen) atoms. The molecule has 0 aliphatic carbocycles. The number of nitrogens with zero attached hydrogens (tertiary/aromatic N) is 2. The number of fused-ring (bicyclic) bond motifs is 10. The van der Waals surface area contributed by atoms with E-state index < -0.39 is 12.1 Å². The molecule has 14 unspecified atom stereocenters. The van der Waals surface area contributed by atoms with Gasteiger partial charge in [-0.3, -0.25) is 25.0 Å². The first kappa shape index (κ1) is 32.4. The number of nitrogens with one attached hydrogen (secondary N) is 1. The van der Waals surface area contributed by atoms with Gasteiger partial charge in [0.2, 0.25) is 12.1 Å². The summed E-state index contributed by atoms with van der Waals surface area (Å²) in [7, 11) is 1.99. The molecule has 0 saturated carbocycles. The predicted molar refractivity (Wildman–Crippen MR) is 160 cm³/mol. The Morgan fingerprint density at radius 1 is 0.711 bits per heavy atom. The lowest BCUT2D eigenvalue weighted by atomic mass is 9.96. The third kappa shape index (κ3) is 7.53. The normalized spacial score (nSPS) is 45.4. The largest absolute Gasteiger partial charge is 0.368 e.